The van der Waals surface area contributed by atoms with Crippen molar-refractivity contribution < 1.29 is 15.0 Å². The van der Waals surface area contributed by atoms with Gasteiger partial charge in [0.2, 0.25) is 0 Å². The number of allylic oxidation sites excluding steroid dienone is 2. The number of carboxylic acids is 1. The Kier molecular flexibility index (Phi) is 4.12. The Hall–Kier alpha value is -1.29. The highest BCUT2D eigenvalue weighted by atomic mass is 16.4. The fourth-order valence-corrected chi connectivity index (χ4v) is 1.75. The maximum atomic E-state index is 11.2. The van der Waals surface area contributed by atoms with Crippen LogP contribution in [0.3, 0.4) is 0 Å². The first kappa shape index (κ1) is 12.8. The van der Waals surface area contributed by atoms with Gasteiger partial charge in [-0.15, -0.1) is 0 Å². The van der Waals surface area contributed by atoms with E-state index < -0.39 is 18.2 Å². The number of hydrogen-bond donors (Lipinski definition) is 2. The molecule has 4 nitrogen and oxygen atoms in total. The lowest BCUT2D eigenvalue weighted by Crippen LogP contribution is -2.45. The number of rotatable bonds is 4. The van der Waals surface area contributed by atoms with Crippen molar-refractivity contribution >= 4 is 5.97 Å². The lowest BCUT2D eigenvalue weighted by molar-refractivity contribution is -0.145. The molecule has 0 saturated heterocycles. The predicted octanol–water partition coefficient (Wildman–Crippen LogP) is 1.58. The van der Waals surface area contributed by atoms with Crippen LogP contribution in [0, 0.1) is 5.92 Å². The molecule has 2 unspecified atom stereocenters. The highest BCUT2D eigenvalue weighted by Crippen LogP contribution is 2.19. The van der Waals surface area contributed by atoms with Crippen molar-refractivity contribution in [3.63, 3.8) is 0 Å². The Bertz CT molecular complexity index is 320. The van der Waals surface area contributed by atoms with Gasteiger partial charge in [-0.2, -0.15) is 0 Å². The summed E-state index contributed by atoms with van der Waals surface area (Å²) in [6, 6.07) is -0.671. The van der Waals surface area contributed by atoms with Crippen LogP contribution in [0.15, 0.2) is 23.9 Å². The van der Waals surface area contributed by atoms with Crippen LogP contribution >= 0.6 is 0 Å². The van der Waals surface area contributed by atoms with Gasteiger partial charge in [0.25, 0.3) is 0 Å². The molecule has 1 heterocycles. The first-order valence-electron chi connectivity index (χ1n) is 5.46. The molecule has 0 saturated carbocycles. The molecule has 0 aliphatic carbocycles. The Balaban J connectivity index is 2.80. The minimum Gasteiger partial charge on any atom is -0.480 e. The molecule has 2 atom stereocenters. The molecule has 0 aromatic rings. The van der Waals surface area contributed by atoms with E-state index in [9.17, 15) is 9.90 Å². The number of nitrogens with zero attached hydrogens (tertiary/aromatic N) is 1. The smallest absolute Gasteiger partial charge is 0.326 e. The van der Waals surface area contributed by atoms with E-state index in [1.165, 1.54) is 4.90 Å². The molecule has 0 fully saturated rings. The van der Waals surface area contributed by atoms with Gasteiger partial charge in [0, 0.05) is 6.20 Å². The number of aliphatic hydroxyl groups excluding tert-OH is 1. The van der Waals surface area contributed by atoms with Crippen LogP contribution in [0.2, 0.25) is 0 Å². The fraction of sp³-hybridized carbons (Fsp3) is 0.583. The number of carboxylic acid groups (broad SMARTS) is 1. The molecule has 0 aromatic heterocycles. The Morgan fingerprint density at radius 3 is 2.62 bits per heavy atom. The van der Waals surface area contributed by atoms with Gasteiger partial charge in [-0.3, -0.25) is 0 Å². The summed E-state index contributed by atoms with van der Waals surface area (Å²) in [7, 11) is 0. The molecule has 1 aliphatic heterocycles. The quantitative estimate of drug-likeness (QED) is 0.762. The average Bonchev–Trinajstić information content (AvgIpc) is 2.14. The Morgan fingerprint density at radius 2 is 2.19 bits per heavy atom. The molecule has 4 heteroatoms. The summed E-state index contributed by atoms with van der Waals surface area (Å²) in [4.78, 5) is 12.6. The maximum Gasteiger partial charge on any atom is 0.326 e. The topological polar surface area (TPSA) is 60.8 Å². The Morgan fingerprint density at radius 1 is 1.56 bits per heavy atom. The van der Waals surface area contributed by atoms with Crippen molar-refractivity contribution in [3.05, 3.63) is 23.9 Å². The van der Waals surface area contributed by atoms with E-state index in [1.54, 1.807) is 12.3 Å². The second-order valence-electron chi connectivity index (χ2n) is 4.57. The minimum absolute atomic E-state index is 0.272. The zero-order chi connectivity index (χ0) is 12.3. The van der Waals surface area contributed by atoms with Gasteiger partial charge in [-0.25, -0.2) is 4.79 Å². The fourth-order valence-electron chi connectivity index (χ4n) is 1.75. The van der Waals surface area contributed by atoms with E-state index in [1.807, 2.05) is 26.8 Å². The summed E-state index contributed by atoms with van der Waals surface area (Å²) in [5, 5.41) is 19.0. The first-order valence-corrected chi connectivity index (χ1v) is 5.46. The van der Waals surface area contributed by atoms with E-state index in [-0.39, 0.29) is 5.92 Å². The van der Waals surface area contributed by atoms with Gasteiger partial charge < -0.3 is 15.1 Å². The molecule has 0 spiro atoms. The SMILES string of the molecule is CC1=CC(O)N(C(CC(C)C)C(=O)O)C=C1. The number of aliphatic hydroxyl groups is 1. The van der Waals surface area contributed by atoms with Gasteiger partial charge in [-0.1, -0.05) is 13.8 Å². The third kappa shape index (κ3) is 3.10. The van der Waals surface area contributed by atoms with Crippen LogP contribution in [0.1, 0.15) is 27.2 Å². The van der Waals surface area contributed by atoms with E-state index in [4.69, 9.17) is 5.11 Å². The molecule has 1 rings (SSSR count). The van der Waals surface area contributed by atoms with Crippen LogP contribution in [-0.2, 0) is 4.79 Å². The van der Waals surface area contributed by atoms with Gasteiger partial charge in [0.15, 0.2) is 0 Å². The third-order valence-electron chi connectivity index (χ3n) is 2.57. The molecule has 1 aliphatic rings. The number of aliphatic carboxylic acids is 1. The van der Waals surface area contributed by atoms with Crippen molar-refractivity contribution in [2.75, 3.05) is 0 Å². The summed E-state index contributed by atoms with van der Waals surface area (Å²) in [5.74, 6) is -0.626. The van der Waals surface area contributed by atoms with E-state index in [0.717, 1.165) is 5.57 Å². The lowest BCUT2D eigenvalue weighted by Gasteiger charge is -2.33. The molecule has 2 N–H and O–H groups in total. The van der Waals surface area contributed by atoms with Crippen LogP contribution in [-0.4, -0.2) is 33.4 Å². The normalized spacial score (nSPS) is 22.2. The number of hydrogen-bond acceptors (Lipinski definition) is 3. The van der Waals surface area contributed by atoms with E-state index >= 15 is 0 Å². The third-order valence-corrected chi connectivity index (χ3v) is 2.57. The molecular weight excluding hydrogens is 206 g/mol. The van der Waals surface area contributed by atoms with Gasteiger partial charge in [0.1, 0.15) is 12.3 Å². The largest absolute Gasteiger partial charge is 0.480 e. The molecule has 90 valence electrons. The standard InChI is InChI=1S/C12H19NO3/c1-8(2)6-10(12(15)16)13-5-4-9(3)7-11(13)14/h4-5,7-8,10-11,14H,6H2,1-3H3,(H,15,16). The molecular formula is C12H19NO3. The van der Waals surface area contributed by atoms with E-state index in [2.05, 4.69) is 0 Å². The van der Waals surface area contributed by atoms with Crippen molar-refractivity contribution in [1.82, 2.24) is 4.90 Å². The predicted molar refractivity (Wildman–Crippen MR) is 61.6 cm³/mol. The summed E-state index contributed by atoms with van der Waals surface area (Å²) in [6.45, 7) is 5.81. The van der Waals surface area contributed by atoms with Crippen molar-refractivity contribution in [2.45, 2.75) is 39.5 Å². The lowest BCUT2D eigenvalue weighted by atomic mass is 10.0. The van der Waals surface area contributed by atoms with Crippen LogP contribution in [0.5, 0.6) is 0 Å². The highest BCUT2D eigenvalue weighted by molar-refractivity contribution is 5.73. The highest BCUT2D eigenvalue weighted by Gasteiger charge is 2.28. The molecule has 16 heavy (non-hydrogen) atoms. The molecule has 0 radical (unpaired) electrons. The first-order chi connectivity index (χ1) is 7.41. The zero-order valence-electron chi connectivity index (χ0n) is 9.92. The maximum absolute atomic E-state index is 11.2. The van der Waals surface area contributed by atoms with Crippen LogP contribution in [0.4, 0.5) is 0 Å². The summed E-state index contributed by atoms with van der Waals surface area (Å²) in [6.07, 6.45) is 4.79. The summed E-state index contributed by atoms with van der Waals surface area (Å²) in [5.41, 5.74) is 0.942. The molecule has 0 amide bonds. The minimum atomic E-state index is -0.898. The van der Waals surface area contributed by atoms with Gasteiger partial charge in [0.05, 0.1) is 0 Å². The number of carbonyl (C=O) groups is 1. The molecule has 0 aromatic carbocycles. The van der Waals surface area contributed by atoms with Crippen LogP contribution in [0.25, 0.3) is 0 Å². The molecule has 0 bridgehead atoms. The van der Waals surface area contributed by atoms with Crippen molar-refractivity contribution in [2.24, 2.45) is 5.92 Å². The van der Waals surface area contributed by atoms with E-state index in [0.29, 0.717) is 6.42 Å². The van der Waals surface area contributed by atoms with Crippen molar-refractivity contribution in [1.29, 1.82) is 0 Å². The summed E-state index contributed by atoms with van der Waals surface area (Å²) >= 11 is 0. The zero-order valence-corrected chi connectivity index (χ0v) is 9.92. The second kappa shape index (κ2) is 5.16. The van der Waals surface area contributed by atoms with Crippen molar-refractivity contribution in [3.8, 4) is 0 Å². The van der Waals surface area contributed by atoms with Crippen LogP contribution < -0.4 is 0 Å². The summed E-state index contributed by atoms with van der Waals surface area (Å²) < 4.78 is 0. The van der Waals surface area contributed by atoms with Gasteiger partial charge in [-0.05, 0) is 37.0 Å². The second-order valence-corrected chi connectivity index (χ2v) is 4.57. The Labute approximate surface area is 95.9 Å². The monoisotopic (exact) mass is 225 g/mol. The average molecular weight is 225 g/mol. The van der Waals surface area contributed by atoms with Gasteiger partial charge >= 0.3 is 5.97 Å².